The summed E-state index contributed by atoms with van der Waals surface area (Å²) in [7, 11) is 0. The summed E-state index contributed by atoms with van der Waals surface area (Å²) in [5.74, 6) is 2.16. The third kappa shape index (κ3) is 1.83. The Morgan fingerprint density at radius 1 is 1.36 bits per heavy atom. The molecule has 0 radical (unpaired) electrons. The SMILES string of the molecule is Cc1nc2c(n1CCCS)CCCC2. The van der Waals surface area contributed by atoms with Gasteiger partial charge in [0.1, 0.15) is 5.82 Å². The van der Waals surface area contributed by atoms with Crippen LogP contribution in [-0.4, -0.2) is 15.3 Å². The second kappa shape index (κ2) is 4.39. The maximum Gasteiger partial charge on any atom is 0.106 e. The zero-order valence-corrected chi connectivity index (χ0v) is 9.69. The first-order valence-corrected chi connectivity index (χ1v) is 6.12. The Hall–Kier alpha value is -0.440. The summed E-state index contributed by atoms with van der Waals surface area (Å²) in [6, 6.07) is 0. The topological polar surface area (TPSA) is 17.8 Å². The van der Waals surface area contributed by atoms with E-state index in [1.54, 1.807) is 0 Å². The molecule has 0 atom stereocenters. The lowest BCUT2D eigenvalue weighted by Crippen LogP contribution is -2.09. The third-order valence-corrected chi connectivity index (χ3v) is 3.28. The molecule has 1 aliphatic rings. The highest BCUT2D eigenvalue weighted by molar-refractivity contribution is 7.80. The van der Waals surface area contributed by atoms with E-state index in [-0.39, 0.29) is 0 Å². The number of aryl methyl sites for hydroxylation is 2. The quantitative estimate of drug-likeness (QED) is 0.758. The van der Waals surface area contributed by atoms with Crippen LogP contribution < -0.4 is 0 Å². The minimum Gasteiger partial charge on any atom is -0.332 e. The van der Waals surface area contributed by atoms with Crippen LogP contribution in [0.4, 0.5) is 0 Å². The van der Waals surface area contributed by atoms with Crippen molar-refractivity contribution in [3.8, 4) is 0 Å². The molecule has 0 saturated carbocycles. The number of thiol groups is 1. The van der Waals surface area contributed by atoms with Crippen molar-refractivity contribution in [3.05, 3.63) is 17.2 Å². The molecule has 0 aliphatic heterocycles. The molecule has 1 heterocycles. The van der Waals surface area contributed by atoms with E-state index in [4.69, 9.17) is 0 Å². The summed E-state index contributed by atoms with van der Waals surface area (Å²) in [6.07, 6.45) is 6.20. The summed E-state index contributed by atoms with van der Waals surface area (Å²) >= 11 is 4.26. The lowest BCUT2D eigenvalue weighted by atomic mass is 10.0. The van der Waals surface area contributed by atoms with E-state index >= 15 is 0 Å². The number of fused-ring (bicyclic) bond motifs is 1. The third-order valence-electron chi connectivity index (χ3n) is 2.96. The van der Waals surface area contributed by atoms with Crippen LogP contribution in [0, 0.1) is 6.92 Å². The highest BCUT2D eigenvalue weighted by Gasteiger charge is 2.17. The molecule has 0 unspecified atom stereocenters. The molecule has 0 amide bonds. The second-order valence-corrected chi connectivity index (χ2v) is 4.44. The van der Waals surface area contributed by atoms with Gasteiger partial charge < -0.3 is 4.57 Å². The standard InChI is InChI=1S/C11H18N2S/c1-9-12-10-5-2-3-6-11(10)13(9)7-4-8-14/h14H,2-8H2,1H3. The first kappa shape index (κ1) is 10.1. The molecule has 0 fully saturated rings. The number of imidazole rings is 1. The van der Waals surface area contributed by atoms with Gasteiger partial charge in [0.2, 0.25) is 0 Å². The number of aromatic nitrogens is 2. The predicted octanol–water partition coefficient (Wildman–Crippen LogP) is 2.39. The molecule has 1 aromatic heterocycles. The van der Waals surface area contributed by atoms with E-state index in [0.29, 0.717) is 0 Å². The molecule has 0 N–H and O–H groups in total. The van der Waals surface area contributed by atoms with Gasteiger partial charge in [-0.05, 0) is 44.8 Å². The van der Waals surface area contributed by atoms with E-state index in [1.807, 2.05) is 0 Å². The number of nitrogens with zero attached hydrogens (tertiary/aromatic N) is 2. The first-order valence-electron chi connectivity index (χ1n) is 5.48. The van der Waals surface area contributed by atoms with Crippen LogP contribution in [0.3, 0.4) is 0 Å². The minimum atomic E-state index is 0.965. The average molecular weight is 210 g/mol. The molecule has 78 valence electrons. The fourth-order valence-electron chi connectivity index (χ4n) is 2.26. The van der Waals surface area contributed by atoms with Crippen molar-refractivity contribution in [1.29, 1.82) is 0 Å². The monoisotopic (exact) mass is 210 g/mol. The fourth-order valence-corrected chi connectivity index (χ4v) is 2.40. The molecule has 2 rings (SSSR count). The van der Waals surface area contributed by atoms with Gasteiger partial charge in [0, 0.05) is 12.2 Å². The summed E-state index contributed by atoms with van der Waals surface area (Å²) in [6.45, 7) is 3.22. The maximum atomic E-state index is 4.64. The summed E-state index contributed by atoms with van der Waals surface area (Å²) in [5, 5.41) is 0. The van der Waals surface area contributed by atoms with Crippen molar-refractivity contribution < 1.29 is 0 Å². The molecule has 3 heteroatoms. The van der Waals surface area contributed by atoms with Crippen LogP contribution in [0.25, 0.3) is 0 Å². The maximum absolute atomic E-state index is 4.64. The number of hydrogen-bond acceptors (Lipinski definition) is 2. The Morgan fingerprint density at radius 2 is 2.14 bits per heavy atom. The Balaban J connectivity index is 2.24. The summed E-state index contributed by atoms with van der Waals surface area (Å²) in [4.78, 5) is 4.64. The number of rotatable bonds is 3. The van der Waals surface area contributed by atoms with Crippen LogP contribution in [0.5, 0.6) is 0 Å². The Morgan fingerprint density at radius 3 is 2.93 bits per heavy atom. The van der Waals surface area contributed by atoms with E-state index in [9.17, 15) is 0 Å². The average Bonchev–Trinajstić information content (AvgIpc) is 2.51. The summed E-state index contributed by atoms with van der Waals surface area (Å²) in [5.41, 5.74) is 2.85. The molecule has 0 aromatic carbocycles. The van der Waals surface area contributed by atoms with Crippen molar-refractivity contribution >= 4 is 12.6 Å². The van der Waals surface area contributed by atoms with Crippen LogP contribution in [-0.2, 0) is 19.4 Å². The molecule has 1 aliphatic carbocycles. The zero-order valence-electron chi connectivity index (χ0n) is 8.79. The lowest BCUT2D eigenvalue weighted by Gasteiger charge is -2.14. The molecule has 1 aromatic rings. The Bertz CT molecular complexity index is 317. The highest BCUT2D eigenvalue weighted by atomic mass is 32.1. The lowest BCUT2D eigenvalue weighted by molar-refractivity contribution is 0.590. The first-order chi connectivity index (χ1) is 6.83. The molecule has 0 bridgehead atoms. The van der Waals surface area contributed by atoms with E-state index in [1.165, 1.54) is 42.9 Å². The van der Waals surface area contributed by atoms with Gasteiger partial charge >= 0.3 is 0 Å². The highest BCUT2D eigenvalue weighted by Crippen LogP contribution is 2.22. The van der Waals surface area contributed by atoms with E-state index in [2.05, 4.69) is 29.1 Å². The molecule has 14 heavy (non-hydrogen) atoms. The molecule has 2 nitrogen and oxygen atoms in total. The number of hydrogen-bond donors (Lipinski definition) is 1. The predicted molar refractivity (Wildman–Crippen MR) is 62.1 cm³/mol. The van der Waals surface area contributed by atoms with Crippen molar-refractivity contribution in [2.75, 3.05) is 5.75 Å². The van der Waals surface area contributed by atoms with Crippen LogP contribution in [0.1, 0.15) is 36.5 Å². The normalized spacial score (nSPS) is 15.6. The largest absolute Gasteiger partial charge is 0.332 e. The van der Waals surface area contributed by atoms with Crippen molar-refractivity contribution in [3.63, 3.8) is 0 Å². The Labute approximate surface area is 91.1 Å². The molecule has 0 spiro atoms. The van der Waals surface area contributed by atoms with Crippen LogP contribution in [0.2, 0.25) is 0 Å². The van der Waals surface area contributed by atoms with Gasteiger partial charge in [-0.1, -0.05) is 0 Å². The van der Waals surface area contributed by atoms with Crippen LogP contribution in [0.15, 0.2) is 0 Å². The van der Waals surface area contributed by atoms with Gasteiger partial charge in [-0.3, -0.25) is 0 Å². The van der Waals surface area contributed by atoms with Crippen molar-refractivity contribution in [2.24, 2.45) is 0 Å². The van der Waals surface area contributed by atoms with Crippen molar-refractivity contribution in [2.45, 2.75) is 45.6 Å². The fraction of sp³-hybridized carbons (Fsp3) is 0.727. The Kier molecular flexibility index (Phi) is 3.16. The van der Waals surface area contributed by atoms with E-state index in [0.717, 1.165) is 18.7 Å². The van der Waals surface area contributed by atoms with Crippen molar-refractivity contribution in [1.82, 2.24) is 9.55 Å². The minimum absolute atomic E-state index is 0.965. The molecule has 0 saturated heterocycles. The smallest absolute Gasteiger partial charge is 0.106 e. The van der Waals surface area contributed by atoms with Gasteiger partial charge in [-0.25, -0.2) is 4.98 Å². The van der Waals surface area contributed by atoms with Crippen LogP contribution >= 0.6 is 12.6 Å². The van der Waals surface area contributed by atoms with E-state index < -0.39 is 0 Å². The van der Waals surface area contributed by atoms with Gasteiger partial charge in [-0.15, -0.1) is 0 Å². The summed E-state index contributed by atoms with van der Waals surface area (Å²) < 4.78 is 2.39. The van der Waals surface area contributed by atoms with Gasteiger partial charge in [0.15, 0.2) is 0 Å². The van der Waals surface area contributed by atoms with Gasteiger partial charge in [0.05, 0.1) is 5.69 Å². The van der Waals surface area contributed by atoms with Gasteiger partial charge in [-0.2, -0.15) is 12.6 Å². The molecular formula is C11H18N2S. The second-order valence-electron chi connectivity index (χ2n) is 3.99. The molecular weight excluding hydrogens is 192 g/mol. The van der Waals surface area contributed by atoms with Gasteiger partial charge in [0.25, 0.3) is 0 Å². The zero-order chi connectivity index (χ0) is 9.97.